The summed E-state index contributed by atoms with van der Waals surface area (Å²) in [7, 11) is 1.87. The van der Waals surface area contributed by atoms with Gasteiger partial charge in [-0.1, -0.05) is 51.8 Å². The Morgan fingerprint density at radius 2 is 1.76 bits per heavy atom. The molecule has 4 heteroatoms. The van der Waals surface area contributed by atoms with Gasteiger partial charge in [0.15, 0.2) is 0 Å². The van der Waals surface area contributed by atoms with Gasteiger partial charge in [0.2, 0.25) is 0 Å². The van der Waals surface area contributed by atoms with E-state index in [-0.39, 0.29) is 0 Å². The zero-order chi connectivity index (χ0) is 15.0. The lowest BCUT2D eigenvalue weighted by molar-refractivity contribution is 0.782. The van der Waals surface area contributed by atoms with Gasteiger partial charge in [0.25, 0.3) is 0 Å². The smallest absolute Gasteiger partial charge is 0.129 e. The Hall–Kier alpha value is -2.07. The van der Waals surface area contributed by atoms with Crippen molar-refractivity contribution in [3.05, 3.63) is 58.6 Å². The average Bonchev–Trinajstić information content (AvgIpc) is 2.75. The second-order valence-corrected chi connectivity index (χ2v) is 6.03. The maximum Gasteiger partial charge on any atom is 0.129 e. The summed E-state index contributed by atoms with van der Waals surface area (Å²) in [4.78, 5) is 0. The fourth-order valence-electron chi connectivity index (χ4n) is 2.46. The molecule has 3 aromatic rings. The number of rotatable bonds is 2. The third-order valence-electron chi connectivity index (χ3n) is 3.50. The van der Waals surface area contributed by atoms with Crippen molar-refractivity contribution in [2.75, 3.05) is 5.73 Å². The number of benzene rings is 2. The Morgan fingerprint density at radius 3 is 2.48 bits per heavy atom. The minimum atomic E-state index is 0.671. The quantitative estimate of drug-likeness (QED) is 0.750. The first-order chi connectivity index (χ1) is 10.1. The van der Waals surface area contributed by atoms with Crippen LogP contribution in [0.4, 0.5) is 5.82 Å². The van der Waals surface area contributed by atoms with Gasteiger partial charge in [0.05, 0.1) is 5.56 Å². The van der Waals surface area contributed by atoms with Crippen molar-refractivity contribution < 1.29 is 0 Å². The number of nitrogens with zero attached hydrogens (tertiary/aromatic N) is 2. The Kier molecular flexibility index (Phi) is 3.55. The third kappa shape index (κ3) is 2.59. The third-order valence-corrected chi connectivity index (χ3v) is 3.99. The van der Waals surface area contributed by atoms with E-state index in [0.29, 0.717) is 5.82 Å². The van der Waals surface area contributed by atoms with Crippen LogP contribution in [0.2, 0.25) is 0 Å². The predicted molar refractivity (Wildman–Crippen MR) is 90.9 cm³/mol. The van der Waals surface area contributed by atoms with Gasteiger partial charge in [0, 0.05) is 17.1 Å². The van der Waals surface area contributed by atoms with Crippen LogP contribution in [-0.4, -0.2) is 9.78 Å². The molecule has 0 saturated carbocycles. The molecule has 0 fully saturated rings. The number of hydrogen-bond donors (Lipinski definition) is 1. The van der Waals surface area contributed by atoms with E-state index in [1.807, 2.05) is 25.2 Å². The molecule has 2 aromatic carbocycles. The molecular weight excluding hydrogens is 326 g/mol. The van der Waals surface area contributed by atoms with E-state index >= 15 is 0 Å². The highest BCUT2D eigenvalue weighted by Crippen LogP contribution is 2.36. The molecule has 0 unspecified atom stereocenters. The Balaban J connectivity index is 2.25. The van der Waals surface area contributed by atoms with E-state index in [2.05, 4.69) is 58.3 Å². The van der Waals surface area contributed by atoms with Crippen molar-refractivity contribution in [2.24, 2.45) is 7.05 Å². The molecule has 0 spiro atoms. The fourth-order valence-corrected chi connectivity index (χ4v) is 2.86. The molecule has 0 amide bonds. The normalized spacial score (nSPS) is 10.8. The Morgan fingerprint density at radius 1 is 1.05 bits per heavy atom. The van der Waals surface area contributed by atoms with Crippen LogP contribution in [0.15, 0.2) is 53.0 Å². The van der Waals surface area contributed by atoms with E-state index in [1.165, 1.54) is 5.56 Å². The van der Waals surface area contributed by atoms with Crippen LogP contribution in [-0.2, 0) is 7.05 Å². The topological polar surface area (TPSA) is 43.8 Å². The molecule has 0 aliphatic carbocycles. The zero-order valence-corrected chi connectivity index (χ0v) is 13.6. The maximum atomic E-state index is 6.25. The van der Waals surface area contributed by atoms with Gasteiger partial charge < -0.3 is 5.73 Å². The molecule has 1 aromatic heterocycles. The second-order valence-electron chi connectivity index (χ2n) is 5.11. The second kappa shape index (κ2) is 5.37. The molecule has 0 radical (unpaired) electrons. The van der Waals surface area contributed by atoms with Gasteiger partial charge in [-0.25, -0.2) is 0 Å². The molecule has 0 atom stereocenters. The summed E-state index contributed by atoms with van der Waals surface area (Å²) in [6.45, 7) is 2.08. The summed E-state index contributed by atoms with van der Waals surface area (Å²) in [5, 5.41) is 4.60. The molecule has 2 N–H and O–H groups in total. The first-order valence-corrected chi connectivity index (χ1v) is 7.51. The molecule has 0 bridgehead atoms. The van der Waals surface area contributed by atoms with Gasteiger partial charge in [0.1, 0.15) is 11.5 Å². The molecular formula is C17H16BrN3. The number of nitrogens with two attached hydrogens (primary N) is 1. The summed E-state index contributed by atoms with van der Waals surface area (Å²) in [6, 6.07) is 16.4. The van der Waals surface area contributed by atoms with Crippen molar-refractivity contribution in [3.63, 3.8) is 0 Å². The van der Waals surface area contributed by atoms with Crippen molar-refractivity contribution in [3.8, 4) is 22.4 Å². The molecule has 0 saturated heterocycles. The van der Waals surface area contributed by atoms with Gasteiger partial charge in [-0.15, -0.1) is 0 Å². The van der Waals surface area contributed by atoms with Crippen LogP contribution in [0.25, 0.3) is 22.4 Å². The highest BCUT2D eigenvalue weighted by atomic mass is 79.9. The highest BCUT2D eigenvalue weighted by Gasteiger charge is 2.17. The number of halogens is 1. The van der Waals surface area contributed by atoms with Crippen LogP contribution in [0.5, 0.6) is 0 Å². The molecule has 0 aliphatic heterocycles. The maximum absolute atomic E-state index is 6.25. The number of anilines is 1. The van der Waals surface area contributed by atoms with Gasteiger partial charge in [-0.2, -0.15) is 5.10 Å². The lowest BCUT2D eigenvalue weighted by Crippen LogP contribution is -1.97. The first kappa shape index (κ1) is 13.9. The minimum Gasteiger partial charge on any atom is -0.383 e. The van der Waals surface area contributed by atoms with Crippen molar-refractivity contribution in [2.45, 2.75) is 6.92 Å². The van der Waals surface area contributed by atoms with Crippen molar-refractivity contribution in [1.29, 1.82) is 0 Å². The highest BCUT2D eigenvalue weighted by molar-refractivity contribution is 9.10. The zero-order valence-electron chi connectivity index (χ0n) is 12.0. The van der Waals surface area contributed by atoms with Crippen LogP contribution >= 0.6 is 15.9 Å². The standard InChI is InChI=1S/C17H16BrN3/c1-11-5-3-7-13(9-11)16-15(17(19)21(2)20-16)12-6-4-8-14(18)10-12/h3-10H,19H2,1-2H3. The Bertz CT molecular complexity index is 806. The summed E-state index contributed by atoms with van der Waals surface area (Å²) in [5.41, 5.74) is 11.5. The lowest BCUT2D eigenvalue weighted by Gasteiger charge is -2.06. The fraction of sp³-hybridized carbons (Fsp3) is 0.118. The molecule has 3 nitrogen and oxygen atoms in total. The minimum absolute atomic E-state index is 0.671. The van der Waals surface area contributed by atoms with Crippen LogP contribution in [0.3, 0.4) is 0 Å². The van der Waals surface area contributed by atoms with Gasteiger partial charge >= 0.3 is 0 Å². The number of nitrogen functional groups attached to an aromatic ring is 1. The molecule has 106 valence electrons. The van der Waals surface area contributed by atoms with Gasteiger partial charge in [-0.05, 0) is 30.7 Å². The van der Waals surface area contributed by atoms with Crippen LogP contribution in [0, 0.1) is 6.92 Å². The van der Waals surface area contributed by atoms with E-state index < -0.39 is 0 Å². The number of aromatic nitrogens is 2. The largest absolute Gasteiger partial charge is 0.383 e. The summed E-state index contributed by atoms with van der Waals surface area (Å²) in [5.74, 6) is 0.671. The SMILES string of the molecule is Cc1cccc(-c2nn(C)c(N)c2-c2cccc(Br)c2)c1. The summed E-state index contributed by atoms with van der Waals surface area (Å²) < 4.78 is 2.76. The number of aryl methyl sites for hydroxylation is 2. The molecule has 21 heavy (non-hydrogen) atoms. The van der Waals surface area contributed by atoms with Crippen molar-refractivity contribution in [1.82, 2.24) is 9.78 Å². The van der Waals surface area contributed by atoms with E-state index in [0.717, 1.165) is 26.9 Å². The summed E-state index contributed by atoms with van der Waals surface area (Å²) in [6.07, 6.45) is 0. The molecule has 0 aliphatic rings. The van der Waals surface area contributed by atoms with Gasteiger partial charge in [-0.3, -0.25) is 4.68 Å². The van der Waals surface area contributed by atoms with E-state index in [9.17, 15) is 0 Å². The van der Waals surface area contributed by atoms with E-state index in [4.69, 9.17) is 5.73 Å². The van der Waals surface area contributed by atoms with Crippen LogP contribution < -0.4 is 5.73 Å². The van der Waals surface area contributed by atoms with Crippen LogP contribution in [0.1, 0.15) is 5.56 Å². The molecule has 1 heterocycles. The molecule has 3 rings (SSSR count). The van der Waals surface area contributed by atoms with E-state index in [1.54, 1.807) is 4.68 Å². The monoisotopic (exact) mass is 341 g/mol. The summed E-state index contributed by atoms with van der Waals surface area (Å²) >= 11 is 3.52. The van der Waals surface area contributed by atoms with Crippen molar-refractivity contribution >= 4 is 21.7 Å². The Labute approximate surface area is 132 Å². The first-order valence-electron chi connectivity index (χ1n) is 6.71. The predicted octanol–water partition coefficient (Wildman–Crippen LogP) is 4.41. The average molecular weight is 342 g/mol. The lowest BCUT2D eigenvalue weighted by atomic mass is 10.00. The number of hydrogen-bond acceptors (Lipinski definition) is 2.